The van der Waals surface area contributed by atoms with Gasteiger partial charge in [-0.05, 0) is 12.1 Å². The third-order valence-corrected chi connectivity index (χ3v) is 3.76. The Bertz CT molecular complexity index is 780. The van der Waals surface area contributed by atoms with E-state index < -0.39 is 0 Å². The standard InChI is InChI=1S/C15H14N4O/c16-15-18-11-9-17-7-5-13(11)19(15)12-6-8-20-14-4-2-1-3-10(12)14/h1-5,7,9,12H,6,8H2,(H2,16,18). The quantitative estimate of drug-likeness (QED) is 0.734. The van der Waals surface area contributed by atoms with Crippen LogP contribution < -0.4 is 10.5 Å². The molecule has 0 amide bonds. The molecule has 4 rings (SSSR count). The Kier molecular flexibility index (Phi) is 2.39. The second kappa shape index (κ2) is 4.23. The number of nitrogens with two attached hydrogens (primary N) is 1. The Balaban J connectivity index is 1.95. The number of rotatable bonds is 1. The Hall–Kier alpha value is -2.56. The van der Waals surface area contributed by atoms with Gasteiger partial charge >= 0.3 is 0 Å². The summed E-state index contributed by atoms with van der Waals surface area (Å²) in [7, 11) is 0. The fourth-order valence-electron chi connectivity index (χ4n) is 2.89. The molecule has 0 fully saturated rings. The van der Waals surface area contributed by atoms with E-state index in [4.69, 9.17) is 10.5 Å². The van der Waals surface area contributed by atoms with Gasteiger partial charge in [0.15, 0.2) is 0 Å². The number of hydrogen-bond donors (Lipinski definition) is 1. The number of anilines is 1. The van der Waals surface area contributed by atoms with Crippen molar-refractivity contribution in [3.8, 4) is 5.75 Å². The van der Waals surface area contributed by atoms with Gasteiger partial charge in [-0.2, -0.15) is 0 Å². The number of nitrogens with zero attached hydrogens (tertiary/aromatic N) is 3. The summed E-state index contributed by atoms with van der Waals surface area (Å²) < 4.78 is 7.80. The van der Waals surface area contributed by atoms with Gasteiger partial charge < -0.3 is 15.0 Å². The van der Waals surface area contributed by atoms with Crippen LogP contribution in [0.4, 0.5) is 5.95 Å². The number of imidazole rings is 1. The Morgan fingerprint density at radius 3 is 3.10 bits per heavy atom. The van der Waals surface area contributed by atoms with Crippen LogP contribution in [0.15, 0.2) is 42.7 Å². The van der Waals surface area contributed by atoms with Gasteiger partial charge in [-0.1, -0.05) is 18.2 Å². The van der Waals surface area contributed by atoms with E-state index in [9.17, 15) is 0 Å². The van der Waals surface area contributed by atoms with Crippen molar-refractivity contribution in [2.75, 3.05) is 12.3 Å². The second-order valence-corrected chi connectivity index (χ2v) is 4.90. The lowest BCUT2D eigenvalue weighted by atomic mass is 10.0. The lowest BCUT2D eigenvalue weighted by molar-refractivity contribution is 0.259. The molecule has 1 unspecified atom stereocenters. The maximum absolute atomic E-state index is 6.12. The van der Waals surface area contributed by atoms with Gasteiger partial charge in [0.1, 0.15) is 11.3 Å². The van der Waals surface area contributed by atoms with Crippen molar-refractivity contribution >= 4 is 17.0 Å². The zero-order chi connectivity index (χ0) is 13.5. The fourth-order valence-corrected chi connectivity index (χ4v) is 2.89. The van der Waals surface area contributed by atoms with E-state index in [2.05, 4.69) is 20.6 Å². The molecule has 3 aromatic rings. The highest BCUT2D eigenvalue weighted by Crippen LogP contribution is 2.37. The second-order valence-electron chi connectivity index (χ2n) is 4.90. The first-order valence-corrected chi connectivity index (χ1v) is 6.64. The molecule has 0 aliphatic carbocycles. The minimum Gasteiger partial charge on any atom is -0.493 e. The van der Waals surface area contributed by atoms with E-state index in [-0.39, 0.29) is 6.04 Å². The van der Waals surface area contributed by atoms with Crippen LogP contribution in [0.2, 0.25) is 0 Å². The highest BCUT2D eigenvalue weighted by atomic mass is 16.5. The molecule has 1 aliphatic heterocycles. The minimum absolute atomic E-state index is 0.160. The van der Waals surface area contributed by atoms with Crippen molar-refractivity contribution < 1.29 is 4.74 Å². The SMILES string of the molecule is Nc1nc2cnccc2n1C1CCOc2ccccc21. The van der Waals surface area contributed by atoms with Gasteiger partial charge in [-0.15, -0.1) is 0 Å². The molecule has 0 spiro atoms. The summed E-state index contributed by atoms with van der Waals surface area (Å²) in [6.07, 6.45) is 4.40. The Morgan fingerprint density at radius 1 is 1.25 bits per heavy atom. The van der Waals surface area contributed by atoms with Gasteiger partial charge in [-0.25, -0.2) is 4.98 Å². The number of ether oxygens (including phenoxy) is 1. The molecule has 2 N–H and O–H groups in total. The number of nitrogen functional groups attached to an aromatic ring is 1. The molecule has 3 heterocycles. The summed E-state index contributed by atoms with van der Waals surface area (Å²) in [4.78, 5) is 8.50. The number of hydrogen-bond acceptors (Lipinski definition) is 4. The molecule has 5 nitrogen and oxygen atoms in total. The summed E-state index contributed by atoms with van der Waals surface area (Å²) in [5, 5.41) is 0. The first-order chi connectivity index (χ1) is 9.84. The molecule has 0 bridgehead atoms. The van der Waals surface area contributed by atoms with Crippen molar-refractivity contribution in [2.24, 2.45) is 0 Å². The van der Waals surface area contributed by atoms with Crippen LogP contribution >= 0.6 is 0 Å². The van der Waals surface area contributed by atoms with Gasteiger partial charge in [0, 0.05) is 18.2 Å². The average Bonchev–Trinajstić information content (AvgIpc) is 2.82. The molecule has 5 heteroatoms. The largest absolute Gasteiger partial charge is 0.493 e. The van der Waals surface area contributed by atoms with Gasteiger partial charge in [0.25, 0.3) is 0 Å². The topological polar surface area (TPSA) is 66.0 Å². The summed E-state index contributed by atoms with van der Waals surface area (Å²) in [5.41, 5.74) is 9.12. The van der Waals surface area contributed by atoms with E-state index in [1.165, 1.54) is 0 Å². The van der Waals surface area contributed by atoms with Crippen molar-refractivity contribution in [3.05, 3.63) is 48.3 Å². The summed E-state index contributed by atoms with van der Waals surface area (Å²) in [6.45, 7) is 0.686. The predicted molar refractivity (Wildman–Crippen MR) is 76.6 cm³/mol. The van der Waals surface area contributed by atoms with Crippen LogP contribution in [-0.4, -0.2) is 21.1 Å². The van der Waals surface area contributed by atoms with E-state index in [1.807, 2.05) is 24.3 Å². The monoisotopic (exact) mass is 266 g/mol. The fraction of sp³-hybridized carbons (Fsp3) is 0.200. The summed E-state index contributed by atoms with van der Waals surface area (Å²) in [5.74, 6) is 1.45. The number of para-hydroxylation sites is 1. The van der Waals surface area contributed by atoms with Crippen LogP contribution in [0, 0.1) is 0 Å². The molecule has 0 saturated heterocycles. The molecule has 0 radical (unpaired) electrons. The molecule has 100 valence electrons. The summed E-state index contributed by atoms with van der Waals surface area (Å²) in [6, 6.07) is 10.2. The van der Waals surface area contributed by atoms with E-state index in [0.29, 0.717) is 12.6 Å². The third-order valence-electron chi connectivity index (χ3n) is 3.76. The maximum atomic E-state index is 6.12. The van der Waals surface area contributed by atoms with Crippen molar-refractivity contribution in [2.45, 2.75) is 12.5 Å². The first-order valence-electron chi connectivity index (χ1n) is 6.64. The number of aromatic nitrogens is 3. The zero-order valence-corrected chi connectivity index (χ0v) is 10.9. The van der Waals surface area contributed by atoms with E-state index in [1.54, 1.807) is 12.4 Å². The molecule has 20 heavy (non-hydrogen) atoms. The van der Waals surface area contributed by atoms with Crippen LogP contribution in [-0.2, 0) is 0 Å². The smallest absolute Gasteiger partial charge is 0.201 e. The molecule has 1 atom stereocenters. The highest BCUT2D eigenvalue weighted by molar-refractivity contribution is 5.77. The van der Waals surface area contributed by atoms with E-state index in [0.717, 1.165) is 28.8 Å². The average molecular weight is 266 g/mol. The van der Waals surface area contributed by atoms with Crippen LogP contribution in [0.25, 0.3) is 11.0 Å². The molecular formula is C15H14N4O. The lowest BCUT2D eigenvalue weighted by Crippen LogP contribution is -2.21. The van der Waals surface area contributed by atoms with Crippen LogP contribution in [0.3, 0.4) is 0 Å². The lowest BCUT2D eigenvalue weighted by Gasteiger charge is -2.27. The highest BCUT2D eigenvalue weighted by Gasteiger charge is 2.25. The molecule has 1 aromatic carbocycles. The predicted octanol–water partition coefficient (Wildman–Crippen LogP) is 2.39. The number of pyridine rings is 1. The summed E-state index contributed by atoms with van der Waals surface area (Å²) >= 11 is 0. The van der Waals surface area contributed by atoms with E-state index >= 15 is 0 Å². The Labute approximate surface area is 116 Å². The van der Waals surface area contributed by atoms with Gasteiger partial charge in [0.05, 0.1) is 24.4 Å². The molecule has 1 aliphatic rings. The van der Waals surface area contributed by atoms with Gasteiger partial charge in [0.2, 0.25) is 5.95 Å². The molecule has 0 saturated carbocycles. The van der Waals surface area contributed by atoms with Crippen molar-refractivity contribution in [1.29, 1.82) is 0 Å². The normalized spacial score (nSPS) is 17.7. The molecular weight excluding hydrogens is 252 g/mol. The number of benzene rings is 1. The molecule has 2 aromatic heterocycles. The third kappa shape index (κ3) is 1.56. The maximum Gasteiger partial charge on any atom is 0.201 e. The number of fused-ring (bicyclic) bond motifs is 2. The van der Waals surface area contributed by atoms with Crippen molar-refractivity contribution in [3.63, 3.8) is 0 Å². The first kappa shape index (κ1) is 11.3. The minimum atomic E-state index is 0.160. The van der Waals surface area contributed by atoms with Gasteiger partial charge in [-0.3, -0.25) is 4.98 Å². The zero-order valence-electron chi connectivity index (χ0n) is 10.9. The van der Waals surface area contributed by atoms with Crippen molar-refractivity contribution in [1.82, 2.24) is 14.5 Å². The van der Waals surface area contributed by atoms with Crippen LogP contribution in [0.5, 0.6) is 5.75 Å². The van der Waals surface area contributed by atoms with Crippen LogP contribution in [0.1, 0.15) is 18.0 Å². The Morgan fingerprint density at radius 2 is 2.15 bits per heavy atom.